The summed E-state index contributed by atoms with van der Waals surface area (Å²) in [5, 5.41) is 14.0. The Morgan fingerprint density at radius 3 is 2.29 bits per heavy atom. The first-order chi connectivity index (χ1) is 13.5. The summed E-state index contributed by atoms with van der Waals surface area (Å²) in [4.78, 5) is 23.4. The standard InChI is InChI=1S/C14H12N4O2.C3H8.C2H6.CH2O2/c1-8-5-11(18-17-8)9-3-2-4-10(6-9)14-16-7-12(20-14)13(15)19;1-3-2;1-2;2-1-3/h2-7H,1H3,(H2,15,19)(H,17,18);3H2,1-2H3;1-2H3;1H,(H,2,3). The van der Waals surface area contributed by atoms with Crippen LogP contribution in [0.5, 0.6) is 0 Å². The Labute approximate surface area is 164 Å². The molecule has 3 aromatic rings. The summed E-state index contributed by atoms with van der Waals surface area (Å²) >= 11 is 0. The fraction of sp³-hybridized carbons (Fsp3) is 0.300. The number of primary amides is 1. The van der Waals surface area contributed by atoms with Crippen LogP contribution >= 0.6 is 0 Å². The van der Waals surface area contributed by atoms with Gasteiger partial charge >= 0.3 is 0 Å². The number of aromatic nitrogens is 3. The largest absolute Gasteiger partial charge is 0.483 e. The zero-order valence-corrected chi connectivity index (χ0v) is 16.9. The molecule has 1 aromatic carbocycles. The maximum atomic E-state index is 11.0. The van der Waals surface area contributed by atoms with E-state index in [4.69, 9.17) is 20.1 Å². The van der Waals surface area contributed by atoms with Gasteiger partial charge in [-0.1, -0.05) is 46.2 Å². The van der Waals surface area contributed by atoms with Gasteiger partial charge in [-0.2, -0.15) is 5.10 Å². The number of aryl methyl sites for hydroxylation is 1. The van der Waals surface area contributed by atoms with Crippen molar-refractivity contribution in [1.29, 1.82) is 0 Å². The summed E-state index contributed by atoms with van der Waals surface area (Å²) in [6.45, 7) is 9.94. The molecule has 28 heavy (non-hydrogen) atoms. The molecular formula is C20H28N4O4. The lowest BCUT2D eigenvalue weighted by atomic mass is 10.1. The highest BCUT2D eigenvalue weighted by Gasteiger charge is 2.11. The minimum atomic E-state index is -0.636. The summed E-state index contributed by atoms with van der Waals surface area (Å²) in [6, 6.07) is 9.51. The average Bonchev–Trinajstić information content (AvgIpc) is 3.34. The molecule has 2 aromatic heterocycles. The molecule has 0 bridgehead atoms. The number of H-pyrrole nitrogens is 1. The molecule has 0 fully saturated rings. The molecule has 0 spiro atoms. The molecule has 0 unspecified atom stereocenters. The highest BCUT2D eigenvalue weighted by molar-refractivity contribution is 5.89. The van der Waals surface area contributed by atoms with Crippen molar-refractivity contribution in [2.45, 2.75) is 41.0 Å². The van der Waals surface area contributed by atoms with Gasteiger partial charge in [0.2, 0.25) is 11.7 Å². The second-order valence-corrected chi connectivity index (χ2v) is 5.22. The molecule has 2 heterocycles. The third-order valence-electron chi connectivity index (χ3n) is 2.86. The number of carboxylic acid groups (broad SMARTS) is 1. The Kier molecular flexibility index (Phi) is 12.1. The Morgan fingerprint density at radius 1 is 1.25 bits per heavy atom. The highest BCUT2D eigenvalue weighted by atomic mass is 16.4. The lowest BCUT2D eigenvalue weighted by molar-refractivity contribution is -0.122. The van der Waals surface area contributed by atoms with Gasteiger partial charge in [-0.3, -0.25) is 14.7 Å². The summed E-state index contributed by atoms with van der Waals surface area (Å²) in [7, 11) is 0. The van der Waals surface area contributed by atoms with Crippen molar-refractivity contribution in [3.05, 3.63) is 48.0 Å². The first kappa shape index (κ1) is 24.6. The van der Waals surface area contributed by atoms with Gasteiger partial charge in [-0.05, 0) is 25.1 Å². The number of rotatable bonds is 3. The molecule has 0 saturated heterocycles. The summed E-state index contributed by atoms with van der Waals surface area (Å²) in [5.74, 6) is -0.239. The summed E-state index contributed by atoms with van der Waals surface area (Å²) in [5.41, 5.74) is 8.66. The molecule has 0 radical (unpaired) electrons. The Balaban J connectivity index is 0.000000796. The smallest absolute Gasteiger partial charge is 0.290 e. The number of nitrogens with one attached hydrogen (secondary N) is 1. The van der Waals surface area contributed by atoms with Crippen molar-refractivity contribution >= 4 is 12.4 Å². The first-order valence-electron chi connectivity index (χ1n) is 8.93. The molecule has 0 atom stereocenters. The monoisotopic (exact) mass is 388 g/mol. The van der Waals surface area contributed by atoms with Crippen LogP contribution in [0.2, 0.25) is 0 Å². The van der Waals surface area contributed by atoms with E-state index in [1.54, 1.807) is 0 Å². The molecule has 0 aliphatic heterocycles. The number of amides is 1. The second kappa shape index (κ2) is 13.7. The second-order valence-electron chi connectivity index (χ2n) is 5.22. The minimum absolute atomic E-state index is 0.0426. The normalized spacial score (nSPS) is 8.89. The number of hydrogen-bond acceptors (Lipinski definition) is 5. The lowest BCUT2D eigenvalue weighted by Gasteiger charge is -1.99. The fourth-order valence-electron chi connectivity index (χ4n) is 1.90. The van der Waals surface area contributed by atoms with Crippen LogP contribution in [0.3, 0.4) is 0 Å². The van der Waals surface area contributed by atoms with Gasteiger partial charge in [0.1, 0.15) is 0 Å². The zero-order chi connectivity index (χ0) is 21.5. The van der Waals surface area contributed by atoms with E-state index in [-0.39, 0.29) is 12.2 Å². The van der Waals surface area contributed by atoms with Crippen LogP contribution in [-0.4, -0.2) is 32.7 Å². The van der Waals surface area contributed by atoms with Crippen molar-refractivity contribution in [2.75, 3.05) is 0 Å². The van der Waals surface area contributed by atoms with Gasteiger partial charge in [0.05, 0.1) is 11.9 Å². The Hall–Kier alpha value is -3.42. The Morgan fingerprint density at radius 2 is 1.82 bits per heavy atom. The molecule has 8 heteroatoms. The topological polar surface area (TPSA) is 135 Å². The molecule has 0 aliphatic rings. The van der Waals surface area contributed by atoms with E-state index in [2.05, 4.69) is 29.0 Å². The van der Waals surface area contributed by atoms with Gasteiger partial charge in [0, 0.05) is 16.8 Å². The van der Waals surface area contributed by atoms with Crippen molar-refractivity contribution in [2.24, 2.45) is 5.73 Å². The molecule has 152 valence electrons. The quantitative estimate of drug-likeness (QED) is 0.573. The van der Waals surface area contributed by atoms with E-state index in [9.17, 15) is 4.79 Å². The molecule has 4 N–H and O–H groups in total. The van der Waals surface area contributed by atoms with Crippen molar-refractivity contribution in [3.8, 4) is 22.7 Å². The predicted octanol–water partition coefficient (Wildman–Crippen LogP) is 4.28. The van der Waals surface area contributed by atoms with Gasteiger partial charge in [0.15, 0.2) is 0 Å². The zero-order valence-electron chi connectivity index (χ0n) is 16.9. The van der Waals surface area contributed by atoms with Crippen LogP contribution in [0.4, 0.5) is 0 Å². The number of carbonyl (C=O) groups is 2. The summed E-state index contributed by atoms with van der Waals surface area (Å²) in [6.07, 6.45) is 2.57. The molecular weight excluding hydrogens is 360 g/mol. The maximum Gasteiger partial charge on any atom is 0.290 e. The number of aromatic amines is 1. The average molecular weight is 388 g/mol. The number of benzene rings is 1. The van der Waals surface area contributed by atoms with Crippen LogP contribution in [0.1, 0.15) is 50.4 Å². The van der Waals surface area contributed by atoms with Crippen LogP contribution in [0, 0.1) is 6.92 Å². The van der Waals surface area contributed by atoms with Crippen LogP contribution in [-0.2, 0) is 4.79 Å². The van der Waals surface area contributed by atoms with Gasteiger partial charge in [0.25, 0.3) is 12.4 Å². The summed E-state index contributed by atoms with van der Waals surface area (Å²) < 4.78 is 5.31. The number of nitrogens with two attached hydrogens (primary N) is 1. The number of oxazole rings is 1. The van der Waals surface area contributed by atoms with Crippen LogP contribution in [0.25, 0.3) is 22.7 Å². The first-order valence-corrected chi connectivity index (χ1v) is 8.93. The fourth-order valence-corrected chi connectivity index (χ4v) is 1.90. The van der Waals surface area contributed by atoms with E-state index in [0.29, 0.717) is 5.89 Å². The SMILES string of the molecule is CC.CCC.Cc1cc(-c2cccc(-c3ncc(C(N)=O)o3)c2)n[nH]1.O=CO. The number of carbonyl (C=O) groups excluding carboxylic acids is 1. The van der Waals surface area contributed by atoms with E-state index in [1.807, 2.05) is 51.1 Å². The van der Waals surface area contributed by atoms with E-state index < -0.39 is 5.91 Å². The van der Waals surface area contributed by atoms with E-state index in [0.717, 1.165) is 22.5 Å². The molecule has 1 amide bonds. The van der Waals surface area contributed by atoms with Crippen LogP contribution < -0.4 is 5.73 Å². The van der Waals surface area contributed by atoms with Crippen molar-refractivity contribution in [3.63, 3.8) is 0 Å². The maximum absolute atomic E-state index is 11.0. The Bertz CT molecular complexity index is 840. The highest BCUT2D eigenvalue weighted by Crippen LogP contribution is 2.25. The van der Waals surface area contributed by atoms with E-state index >= 15 is 0 Å². The molecule has 0 aliphatic carbocycles. The lowest BCUT2D eigenvalue weighted by Crippen LogP contribution is -2.09. The van der Waals surface area contributed by atoms with Crippen molar-refractivity contribution < 1.29 is 19.1 Å². The third-order valence-corrected chi connectivity index (χ3v) is 2.86. The van der Waals surface area contributed by atoms with Gasteiger partial charge < -0.3 is 15.3 Å². The number of nitrogens with zero attached hydrogens (tertiary/aromatic N) is 2. The minimum Gasteiger partial charge on any atom is -0.483 e. The molecule has 8 nitrogen and oxygen atoms in total. The van der Waals surface area contributed by atoms with E-state index in [1.165, 1.54) is 12.6 Å². The molecule has 3 rings (SSSR count). The number of hydrogen-bond donors (Lipinski definition) is 3. The van der Waals surface area contributed by atoms with Gasteiger partial charge in [-0.15, -0.1) is 0 Å². The molecule has 0 saturated carbocycles. The third kappa shape index (κ3) is 7.86. The predicted molar refractivity (Wildman–Crippen MR) is 109 cm³/mol. The van der Waals surface area contributed by atoms with Gasteiger partial charge in [-0.25, -0.2) is 4.98 Å². The van der Waals surface area contributed by atoms with Crippen LogP contribution in [0.15, 0.2) is 40.9 Å². The van der Waals surface area contributed by atoms with Crippen molar-refractivity contribution in [1.82, 2.24) is 15.2 Å².